The lowest BCUT2D eigenvalue weighted by molar-refractivity contribution is -0.120. The van der Waals surface area contributed by atoms with Crippen LogP contribution < -0.4 is 19.1 Å². The summed E-state index contributed by atoms with van der Waals surface area (Å²) < 4.78 is 38.5. The van der Waals surface area contributed by atoms with Crippen molar-refractivity contribution in [2.24, 2.45) is 0 Å². The van der Waals surface area contributed by atoms with Crippen LogP contribution in [0.4, 0.5) is 5.69 Å². The van der Waals surface area contributed by atoms with Gasteiger partial charge in [0.25, 0.3) is 10.0 Å². The predicted octanol–water partition coefficient (Wildman–Crippen LogP) is 5.08. The molecule has 10 heteroatoms. The van der Waals surface area contributed by atoms with Gasteiger partial charge >= 0.3 is 0 Å². The molecule has 1 unspecified atom stereocenters. The molecule has 0 heterocycles. The molecule has 0 spiro atoms. The van der Waals surface area contributed by atoms with E-state index in [1.54, 1.807) is 43.3 Å². The van der Waals surface area contributed by atoms with Crippen molar-refractivity contribution in [3.63, 3.8) is 0 Å². The molecule has 3 aromatic carbocycles. The quantitative estimate of drug-likeness (QED) is 0.423. The zero-order valence-corrected chi connectivity index (χ0v) is 21.1. The van der Waals surface area contributed by atoms with Crippen LogP contribution >= 0.6 is 23.2 Å². The third kappa shape index (κ3) is 5.94. The zero-order chi connectivity index (χ0) is 24.9. The Labute approximate surface area is 209 Å². The van der Waals surface area contributed by atoms with Crippen LogP contribution in [0.3, 0.4) is 0 Å². The highest BCUT2D eigenvalue weighted by Gasteiger charge is 2.28. The maximum Gasteiger partial charge on any atom is 0.264 e. The number of halogens is 2. The first-order valence-corrected chi connectivity index (χ1v) is 12.4. The molecule has 7 nitrogen and oxygen atoms in total. The Morgan fingerprint density at radius 3 is 2.21 bits per heavy atom. The first-order valence-electron chi connectivity index (χ1n) is 10.2. The van der Waals surface area contributed by atoms with Crippen molar-refractivity contribution in [3.05, 3.63) is 82.3 Å². The molecule has 0 radical (unpaired) electrons. The lowest BCUT2D eigenvalue weighted by atomic mass is 10.1. The molecule has 0 bridgehead atoms. The number of amides is 1. The maximum atomic E-state index is 13.5. The molecule has 0 saturated carbocycles. The van der Waals surface area contributed by atoms with Crippen molar-refractivity contribution in [3.8, 4) is 11.5 Å². The third-order valence-corrected chi connectivity index (χ3v) is 7.26. The summed E-state index contributed by atoms with van der Waals surface area (Å²) in [5.41, 5.74) is 0.849. The highest BCUT2D eigenvalue weighted by Crippen LogP contribution is 2.31. The average Bonchev–Trinajstić information content (AvgIpc) is 2.81. The van der Waals surface area contributed by atoms with E-state index in [0.717, 1.165) is 4.31 Å². The fourth-order valence-corrected chi connectivity index (χ4v) is 5.33. The molecule has 3 rings (SSSR count). The molecule has 180 valence electrons. The number of ether oxygens (including phenoxy) is 2. The molecule has 1 amide bonds. The molecule has 0 aliphatic heterocycles. The van der Waals surface area contributed by atoms with E-state index < -0.39 is 28.5 Å². The molecular formula is C24H24Cl2N2O5S. The van der Waals surface area contributed by atoms with Gasteiger partial charge in [0.05, 0.1) is 30.8 Å². The minimum Gasteiger partial charge on any atom is -0.497 e. The molecular weight excluding hydrogens is 499 g/mol. The number of sulfonamides is 1. The second-order valence-corrected chi connectivity index (χ2v) is 10.1. The van der Waals surface area contributed by atoms with Gasteiger partial charge in [0.2, 0.25) is 5.91 Å². The molecule has 34 heavy (non-hydrogen) atoms. The zero-order valence-electron chi connectivity index (χ0n) is 18.8. The second kappa shape index (κ2) is 11.0. The van der Waals surface area contributed by atoms with Gasteiger partial charge in [-0.25, -0.2) is 8.42 Å². The molecule has 0 aliphatic carbocycles. The van der Waals surface area contributed by atoms with Gasteiger partial charge in [-0.2, -0.15) is 0 Å². The Morgan fingerprint density at radius 1 is 0.971 bits per heavy atom. The predicted molar refractivity (Wildman–Crippen MR) is 134 cm³/mol. The summed E-state index contributed by atoms with van der Waals surface area (Å²) in [4.78, 5) is 13.1. The minimum absolute atomic E-state index is 0.0291. The summed E-state index contributed by atoms with van der Waals surface area (Å²) in [6.07, 6.45) is 0. The summed E-state index contributed by atoms with van der Waals surface area (Å²) in [5.74, 6) is 0.621. The SMILES string of the molecule is COc1ccc(OC)c(C(C)NC(=O)CN(c2cc(Cl)cc(Cl)c2)S(=O)(=O)c2ccccc2)c1. The minimum atomic E-state index is -4.10. The van der Waals surface area contributed by atoms with Gasteiger partial charge in [-0.3, -0.25) is 9.10 Å². The third-order valence-electron chi connectivity index (χ3n) is 5.03. The first kappa shape index (κ1) is 25.7. The Hall–Kier alpha value is -2.94. The highest BCUT2D eigenvalue weighted by molar-refractivity contribution is 7.92. The Morgan fingerprint density at radius 2 is 1.62 bits per heavy atom. The Kier molecular flexibility index (Phi) is 8.30. The lowest BCUT2D eigenvalue weighted by Gasteiger charge is -2.26. The molecule has 1 N–H and O–H groups in total. The van der Waals surface area contributed by atoms with E-state index in [4.69, 9.17) is 32.7 Å². The normalized spacial score (nSPS) is 12.0. The molecule has 0 aliphatic rings. The number of nitrogens with zero attached hydrogens (tertiary/aromatic N) is 1. The number of hydrogen-bond donors (Lipinski definition) is 1. The number of carbonyl (C=O) groups excluding carboxylic acids is 1. The van der Waals surface area contributed by atoms with Crippen LogP contribution in [-0.4, -0.2) is 35.1 Å². The molecule has 0 aromatic heterocycles. The van der Waals surface area contributed by atoms with Gasteiger partial charge in [-0.15, -0.1) is 0 Å². The van der Waals surface area contributed by atoms with E-state index in [0.29, 0.717) is 17.1 Å². The van der Waals surface area contributed by atoms with Crippen molar-refractivity contribution >= 4 is 44.8 Å². The summed E-state index contributed by atoms with van der Waals surface area (Å²) in [6, 6.07) is 16.9. The van der Waals surface area contributed by atoms with Crippen molar-refractivity contribution in [2.75, 3.05) is 25.1 Å². The van der Waals surface area contributed by atoms with E-state index in [1.807, 2.05) is 0 Å². The fraction of sp³-hybridized carbons (Fsp3) is 0.208. The van der Waals surface area contributed by atoms with Gasteiger partial charge in [-0.05, 0) is 55.5 Å². The number of anilines is 1. The van der Waals surface area contributed by atoms with Gasteiger partial charge in [0, 0.05) is 15.6 Å². The number of nitrogens with one attached hydrogen (secondary N) is 1. The van der Waals surface area contributed by atoms with Crippen LogP contribution in [0.2, 0.25) is 10.0 Å². The molecule has 0 saturated heterocycles. The number of carbonyl (C=O) groups is 1. The largest absolute Gasteiger partial charge is 0.497 e. The van der Waals surface area contributed by atoms with Crippen molar-refractivity contribution < 1.29 is 22.7 Å². The molecule has 1 atom stereocenters. The van der Waals surface area contributed by atoms with Gasteiger partial charge in [0.15, 0.2) is 0 Å². The standard InChI is InChI=1S/C24H24Cl2N2O5S/c1-16(22-14-20(32-2)9-10-23(22)33-3)27-24(29)15-28(19-12-17(25)11-18(26)13-19)34(30,31)21-7-5-4-6-8-21/h4-14,16H,15H2,1-3H3,(H,27,29). The smallest absolute Gasteiger partial charge is 0.264 e. The second-order valence-electron chi connectivity index (χ2n) is 7.35. The summed E-state index contributed by atoms with van der Waals surface area (Å²) >= 11 is 12.2. The molecule has 0 fully saturated rings. The highest BCUT2D eigenvalue weighted by atomic mass is 35.5. The molecule has 3 aromatic rings. The summed E-state index contributed by atoms with van der Waals surface area (Å²) in [5, 5.41) is 3.31. The first-order chi connectivity index (χ1) is 16.1. The Bertz CT molecular complexity index is 1250. The fourth-order valence-electron chi connectivity index (χ4n) is 3.39. The van der Waals surface area contributed by atoms with Crippen LogP contribution in [0.15, 0.2) is 71.6 Å². The van der Waals surface area contributed by atoms with Crippen LogP contribution in [0.1, 0.15) is 18.5 Å². The van der Waals surface area contributed by atoms with Gasteiger partial charge in [-0.1, -0.05) is 41.4 Å². The van der Waals surface area contributed by atoms with E-state index in [9.17, 15) is 13.2 Å². The number of rotatable bonds is 9. The monoisotopic (exact) mass is 522 g/mol. The van der Waals surface area contributed by atoms with Crippen LogP contribution in [0.25, 0.3) is 0 Å². The summed E-state index contributed by atoms with van der Waals surface area (Å²) in [6.45, 7) is 1.27. The van der Waals surface area contributed by atoms with Crippen LogP contribution in [0.5, 0.6) is 11.5 Å². The van der Waals surface area contributed by atoms with E-state index in [-0.39, 0.29) is 20.6 Å². The number of methoxy groups -OCH3 is 2. The van der Waals surface area contributed by atoms with E-state index >= 15 is 0 Å². The maximum absolute atomic E-state index is 13.5. The Balaban J connectivity index is 1.93. The van der Waals surface area contributed by atoms with Crippen LogP contribution in [-0.2, 0) is 14.8 Å². The number of benzene rings is 3. The van der Waals surface area contributed by atoms with E-state index in [1.165, 1.54) is 44.6 Å². The lowest BCUT2D eigenvalue weighted by Crippen LogP contribution is -2.41. The topological polar surface area (TPSA) is 84.9 Å². The average molecular weight is 523 g/mol. The van der Waals surface area contributed by atoms with Crippen molar-refractivity contribution in [1.82, 2.24) is 5.32 Å². The number of hydrogen-bond acceptors (Lipinski definition) is 5. The van der Waals surface area contributed by atoms with Crippen molar-refractivity contribution in [1.29, 1.82) is 0 Å². The van der Waals surface area contributed by atoms with E-state index in [2.05, 4.69) is 5.32 Å². The van der Waals surface area contributed by atoms with Crippen LogP contribution in [0, 0.1) is 0 Å². The van der Waals surface area contributed by atoms with Crippen molar-refractivity contribution in [2.45, 2.75) is 17.9 Å². The van der Waals surface area contributed by atoms with Gasteiger partial charge < -0.3 is 14.8 Å². The summed E-state index contributed by atoms with van der Waals surface area (Å²) in [7, 11) is -1.03. The van der Waals surface area contributed by atoms with Gasteiger partial charge in [0.1, 0.15) is 18.0 Å².